The molecule has 4 saturated carbocycles. The summed E-state index contributed by atoms with van der Waals surface area (Å²) in [5.41, 5.74) is 5.65. The molecule has 3 atom stereocenters. The molecule has 4 bridgehead atoms. The van der Waals surface area contributed by atoms with Crippen LogP contribution in [0.3, 0.4) is 0 Å². The molecule has 13 heteroatoms. The molecule has 2 aromatic carbocycles. The SMILES string of the molecule is CC1CN(CC(=O)NC2C3CC4CC2CC(C(N)=O)(C4)C3)S(=O)(=O)N(c2c(Cl)cc(-c3ccc(F)cc3F)cc2Cl)C1. The second-order valence-corrected chi connectivity index (χ2v) is 15.2. The van der Waals surface area contributed by atoms with Gasteiger partial charge in [-0.3, -0.25) is 13.9 Å². The summed E-state index contributed by atoms with van der Waals surface area (Å²) in [6.45, 7) is 1.69. The van der Waals surface area contributed by atoms with Gasteiger partial charge >= 0.3 is 10.2 Å². The Kier molecular flexibility index (Phi) is 7.47. The molecule has 4 aliphatic carbocycles. The predicted octanol–water partition coefficient (Wildman–Crippen LogP) is 4.74. The lowest BCUT2D eigenvalue weighted by atomic mass is 9.47. The first-order valence-electron chi connectivity index (χ1n) is 14.1. The van der Waals surface area contributed by atoms with Gasteiger partial charge in [-0.2, -0.15) is 12.7 Å². The third kappa shape index (κ3) is 5.06. The Morgan fingerprint density at radius 1 is 1.05 bits per heavy atom. The molecule has 5 aliphatic rings. The summed E-state index contributed by atoms with van der Waals surface area (Å²) < 4.78 is 57.6. The van der Waals surface area contributed by atoms with Crippen LogP contribution in [0.25, 0.3) is 11.1 Å². The molecule has 1 saturated heterocycles. The third-order valence-corrected chi connectivity index (χ3v) is 11.9. The summed E-state index contributed by atoms with van der Waals surface area (Å²) in [6, 6.07) is 5.75. The minimum Gasteiger partial charge on any atom is -0.369 e. The van der Waals surface area contributed by atoms with E-state index < -0.39 is 33.2 Å². The number of hydrogen-bond donors (Lipinski definition) is 2. The van der Waals surface area contributed by atoms with Crippen molar-refractivity contribution >= 4 is 50.9 Å². The average molecular weight is 642 g/mol. The van der Waals surface area contributed by atoms with Gasteiger partial charge in [0, 0.05) is 36.2 Å². The number of amides is 2. The molecule has 3 unspecified atom stereocenters. The van der Waals surface area contributed by atoms with Crippen molar-refractivity contribution in [2.24, 2.45) is 34.8 Å². The Bertz CT molecular complexity index is 1540. The van der Waals surface area contributed by atoms with Crippen LogP contribution in [-0.4, -0.2) is 50.2 Å². The zero-order valence-electron chi connectivity index (χ0n) is 23.0. The van der Waals surface area contributed by atoms with E-state index in [0.29, 0.717) is 18.8 Å². The van der Waals surface area contributed by atoms with Crippen LogP contribution in [0.15, 0.2) is 30.3 Å². The molecular weight excluding hydrogens is 609 g/mol. The van der Waals surface area contributed by atoms with Crippen molar-refractivity contribution in [3.63, 3.8) is 0 Å². The van der Waals surface area contributed by atoms with Gasteiger partial charge in [0.15, 0.2) is 0 Å². The van der Waals surface area contributed by atoms with Crippen LogP contribution in [0.2, 0.25) is 10.0 Å². The average Bonchev–Trinajstić information content (AvgIpc) is 2.88. The highest BCUT2D eigenvalue weighted by Crippen LogP contribution is 2.60. The van der Waals surface area contributed by atoms with E-state index in [1.807, 2.05) is 6.92 Å². The standard InChI is InChI=1S/C29H32Cl2F2N4O4S/c1-15-12-36(14-25(38)35-26-18-4-16-5-19(26)11-29(9-16,10-18)28(34)39)42(40,41)37(13-15)27-22(30)6-17(7-23(27)31)21-3-2-20(32)8-24(21)33/h2-3,6-8,15-16,18-19,26H,4-5,9-14H2,1H3,(H2,34,39)(H,35,38). The van der Waals surface area contributed by atoms with E-state index in [4.69, 9.17) is 28.9 Å². The zero-order valence-corrected chi connectivity index (χ0v) is 25.3. The van der Waals surface area contributed by atoms with Gasteiger partial charge in [-0.25, -0.2) is 8.78 Å². The number of rotatable bonds is 6. The molecule has 8 nitrogen and oxygen atoms in total. The van der Waals surface area contributed by atoms with E-state index in [1.165, 1.54) is 18.2 Å². The van der Waals surface area contributed by atoms with Crippen molar-refractivity contribution < 1.29 is 26.8 Å². The summed E-state index contributed by atoms with van der Waals surface area (Å²) >= 11 is 13.1. The monoisotopic (exact) mass is 640 g/mol. The van der Waals surface area contributed by atoms with Crippen LogP contribution >= 0.6 is 23.2 Å². The molecule has 1 aliphatic heterocycles. The number of nitrogens with one attached hydrogen (secondary N) is 1. The summed E-state index contributed by atoms with van der Waals surface area (Å²) in [4.78, 5) is 25.6. The molecule has 0 aromatic heterocycles. The maximum Gasteiger partial charge on any atom is 0.304 e. The number of hydrogen-bond acceptors (Lipinski definition) is 4. The molecule has 42 heavy (non-hydrogen) atoms. The molecule has 3 N–H and O–H groups in total. The van der Waals surface area contributed by atoms with Crippen LogP contribution in [0.4, 0.5) is 14.5 Å². The Labute approximate surface area is 253 Å². The number of carbonyl (C=O) groups excluding carboxylic acids is 2. The highest BCUT2D eigenvalue weighted by atomic mass is 35.5. The quantitative estimate of drug-likeness (QED) is 0.475. The van der Waals surface area contributed by atoms with Crippen molar-refractivity contribution in [2.45, 2.75) is 45.1 Å². The van der Waals surface area contributed by atoms with Crippen molar-refractivity contribution in [1.29, 1.82) is 0 Å². The summed E-state index contributed by atoms with van der Waals surface area (Å²) in [5, 5.41) is 3.05. The van der Waals surface area contributed by atoms with Gasteiger partial charge in [0.1, 0.15) is 11.6 Å². The fourth-order valence-electron chi connectivity index (χ4n) is 8.01. The first-order chi connectivity index (χ1) is 19.8. The van der Waals surface area contributed by atoms with E-state index in [1.54, 1.807) is 0 Å². The number of carbonyl (C=O) groups is 2. The summed E-state index contributed by atoms with van der Waals surface area (Å²) in [6.07, 6.45) is 3.99. The van der Waals surface area contributed by atoms with Crippen LogP contribution in [0.1, 0.15) is 39.0 Å². The fourth-order valence-corrected chi connectivity index (χ4v) is 10.7. The highest BCUT2D eigenvalue weighted by Gasteiger charge is 2.58. The molecule has 226 valence electrons. The molecule has 7 rings (SSSR count). The van der Waals surface area contributed by atoms with E-state index in [-0.39, 0.29) is 76.2 Å². The van der Waals surface area contributed by atoms with Gasteiger partial charge < -0.3 is 11.1 Å². The largest absolute Gasteiger partial charge is 0.369 e. The van der Waals surface area contributed by atoms with Crippen LogP contribution in [-0.2, 0) is 19.8 Å². The second kappa shape index (κ2) is 10.6. The van der Waals surface area contributed by atoms with E-state index >= 15 is 0 Å². The molecule has 0 radical (unpaired) electrons. The first-order valence-corrected chi connectivity index (χ1v) is 16.2. The Morgan fingerprint density at radius 3 is 2.29 bits per heavy atom. The molecular formula is C29H32Cl2F2N4O4S. The topological polar surface area (TPSA) is 113 Å². The van der Waals surface area contributed by atoms with Crippen LogP contribution in [0.5, 0.6) is 0 Å². The van der Waals surface area contributed by atoms with E-state index in [2.05, 4.69) is 5.32 Å². The second-order valence-electron chi connectivity index (χ2n) is 12.6. The van der Waals surface area contributed by atoms with Gasteiger partial charge in [0.2, 0.25) is 11.8 Å². The first kappa shape index (κ1) is 29.6. The number of nitrogens with zero attached hydrogens (tertiary/aromatic N) is 2. The van der Waals surface area contributed by atoms with Gasteiger partial charge in [0.25, 0.3) is 0 Å². The van der Waals surface area contributed by atoms with Crippen molar-refractivity contribution in [2.75, 3.05) is 23.9 Å². The Morgan fingerprint density at radius 2 is 1.69 bits per heavy atom. The fraction of sp³-hybridized carbons (Fsp3) is 0.517. The third-order valence-electron chi connectivity index (χ3n) is 9.55. The molecule has 0 spiro atoms. The maximum absolute atomic E-state index is 14.4. The van der Waals surface area contributed by atoms with Crippen molar-refractivity contribution in [1.82, 2.24) is 9.62 Å². The van der Waals surface area contributed by atoms with Gasteiger partial charge in [0.05, 0.1) is 22.3 Å². The highest BCUT2D eigenvalue weighted by molar-refractivity contribution is 7.90. The van der Waals surface area contributed by atoms with E-state index in [0.717, 1.165) is 40.0 Å². The lowest BCUT2D eigenvalue weighted by molar-refractivity contribution is -0.147. The number of halogens is 4. The predicted molar refractivity (Wildman–Crippen MR) is 156 cm³/mol. The molecule has 2 amide bonds. The van der Waals surface area contributed by atoms with Crippen molar-refractivity contribution in [3.05, 3.63) is 52.0 Å². The van der Waals surface area contributed by atoms with Crippen molar-refractivity contribution in [3.8, 4) is 11.1 Å². The van der Waals surface area contributed by atoms with Gasteiger partial charge in [-0.05, 0) is 85.6 Å². The Hall–Kier alpha value is -2.47. The van der Waals surface area contributed by atoms with Crippen LogP contribution < -0.4 is 15.4 Å². The minimum absolute atomic E-state index is 0.0272. The number of primary amides is 1. The number of benzene rings is 2. The maximum atomic E-state index is 14.4. The number of anilines is 1. The number of nitrogens with two attached hydrogens (primary N) is 1. The normalized spacial score (nSPS) is 31.7. The minimum atomic E-state index is -4.21. The van der Waals surface area contributed by atoms with Gasteiger partial charge in [-0.1, -0.05) is 30.1 Å². The molecule has 5 fully saturated rings. The van der Waals surface area contributed by atoms with Crippen LogP contribution in [0, 0.1) is 40.7 Å². The lowest BCUT2D eigenvalue weighted by Crippen LogP contribution is -2.63. The molecule has 1 heterocycles. The summed E-state index contributed by atoms with van der Waals surface area (Å²) in [7, 11) is -4.21. The molecule has 2 aromatic rings. The van der Waals surface area contributed by atoms with E-state index in [9.17, 15) is 26.8 Å². The smallest absolute Gasteiger partial charge is 0.304 e. The lowest BCUT2D eigenvalue weighted by Gasteiger charge is -2.58. The van der Waals surface area contributed by atoms with Gasteiger partial charge in [-0.15, -0.1) is 0 Å². The summed E-state index contributed by atoms with van der Waals surface area (Å²) in [5.74, 6) is -1.66. The zero-order chi connectivity index (χ0) is 30.1. The Balaban J connectivity index is 1.21.